The number of allylic oxidation sites excluding steroid dienone is 15. The highest BCUT2D eigenvalue weighted by Crippen LogP contribution is 2.61. The molecule has 0 saturated carbocycles. The maximum Gasteiger partial charge on any atom is 0.0701 e. The average Bonchev–Trinajstić information content (AvgIpc) is 3.75. The molecule has 0 spiro atoms. The Bertz CT molecular complexity index is 2690. The molecule has 5 aromatic carbocycles. The van der Waals surface area contributed by atoms with Gasteiger partial charge in [0, 0.05) is 11.6 Å². The van der Waals surface area contributed by atoms with Gasteiger partial charge in [-0.1, -0.05) is 176 Å². The molecule has 276 valence electrons. The Morgan fingerprint density at radius 1 is 0.596 bits per heavy atom. The third-order valence-electron chi connectivity index (χ3n) is 13.2. The van der Waals surface area contributed by atoms with Crippen molar-refractivity contribution in [1.82, 2.24) is 0 Å². The first-order chi connectivity index (χ1) is 28.2. The van der Waals surface area contributed by atoms with Crippen LogP contribution in [0.3, 0.4) is 0 Å². The molecule has 5 aromatic rings. The van der Waals surface area contributed by atoms with Gasteiger partial charge in [0.2, 0.25) is 0 Å². The third kappa shape index (κ3) is 5.32. The van der Waals surface area contributed by atoms with E-state index >= 15 is 0 Å². The minimum atomic E-state index is -0.467. The van der Waals surface area contributed by atoms with Crippen molar-refractivity contribution in [3.8, 4) is 44.5 Å². The molecule has 0 heterocycles. The van der Waals surface area contributed by atoms with Gasteiger partial charge in [-0.2, -0.15) is 0 Å². The Balaban J connectivity index is 1.13. The number of rotatable bonds is 8. The van der Waals surface area contributed by atoms with E-state index in [1.165, 1.54) is 72.3 Å². The molecule has 0 aromatic heterocycles. The minimum absolute atomic E-state index is 0.196. The van der Waals surface area contributed by atoms with E-state index in [0.29, 0.717) is 5.92 Å². The topological polar surface area (TPSA) is 12.4 Å². The molecule has 0 radical (unpaired) electrons. The monoisotopic (exact) mass is 733 g/mol. The molecule has 4 atom stereocenters. The lowest BCUT2D eigenvalue weighted by molar-refractivity contribution is 0.435. The molecule has 0 aliphatic heterocycles. The molecule has 5 aliphatic rings. The largest absolute Gasteiger partial charge is 0.265 e. The number of benzene rings is 5. The van der Waals surface area contributed by atoms with Crippen LogP contribution in [-0.4, -0.2) is 6.21 Å². The predicted molar refractivity (Wildman–Crippen MR) is 241 cm³/mol. The summed E-state index contributed by atoms with van der Waals surface area (Å²) in [6.07, 6.45) is 35.4. The SMILES string of the molecule is C=C/C=C(\N=CC)C1(C2C=CC=CC2)c2ccccc2-c2ccc(-c3cccc(-c4ccc5c(c4)C(C4=CC=CCC4)(C4C=CC=CC4)c4ccccc4-5)c3)cc21. The number of nitrogens with zero attached hydrogens (tertiary/aromatic N) is 1. The highest BCUT2D eigenvalue weighted by Gasteiger charge is 2.52. The second kappa shape index (κ2) is 14.3. The van der Waals surface area contributed by atoms with Crippen molar-refractivity contribution in [3.63, 3.8) is 0 Å². The van der Waals surface area contributed by atoms with Crippen LogP contribution in [0.1, 0.15) is 54.9 Å². The first-order valence-corrected chi connectivity index (χ1v) is 20.6. The van der Waals surface area contributed by atoms with Crippen molar-refractivity contribution in [3.05, 3.63) is 228 Å². The van der Waals surface area contributed by atoms with E-state index in [9.17, 15) is 0 Å². The van der Waals surface area contributed by atoms with Crippen molar-refractivity contribution in [2.24, 2.45) is 16.8 Å². The van der Waals surface area contributed by atoms with Gasteiger partial charge in [-0.15, -0.1) is 0 Å². The molecule has 1 nitrogen and oxygen atoms in total. The second-order valence-corrected chi connectivity index (χ2v) is 16.0. The lowest BCUT2D eigenvalue weighted by Gasteiger charge is -2.42. The van der Waals surface area contributed by atoms with Gasteiger partial charge >= 0.3 is 0 Å². The molecule has 1 heteroatoms. The second-order valence-electron chi connectivity index (χ2n) is 16.0. The van der Waals surface area contributed by atoms with Crippen molar-refractivity contribution >= 4 is 6.21 Å². The smallest absolute Gasteiger partial charge is 0.0701 e. The number of fused-ring (bicyclic) bond motifs is 6. The fraction of sp³-hybridized carbons (Fsp3) is 0.161. The summed E-state index contributed by atoms with van der Waals surface area (Å²) < 4.78 is 0. The molecule has 0 saturated heterocycles. The zero-order chi connectivity index (χ0) is 38.4. The zero-order valence-electron chi connectivity index (χ0n) is 32.6. The molecular weight excluding hydrogens is 687 g/mol. The van der Waals surface area contributed by atoms with Crippen LogP contribution in [0.5, 0.6) is 0 Å². The molecule has 0 fully saturated rings. The van der Waals surface area contributed by atoms with Gasteiger partial charge in [-0.05, 0) is 135 Å². The van der Waals surface area contributed by atoms with Gasteiger partial charge in [0.25, 0.3) is 0 Å². The molecule has 5 aliphatic carbocycles. The molecule has 4 unspecified atom stereocenters. The van der Waals surface area contributed by atoms with Crippen molar-refractivity contribution < 1.29 is 0 Å². The first-order valence-electron chi connectivity index (χ1n) is 20.6. The fourth-order valence-corrected chi connectivity index (χ4v) is 11.0. The minimum Gasteiger partial charge on any atom is -0.265 e. The Morgan fingerprint density at radius 2 is 1.21 bits per heavy atom. The van der Waals surface area contributed by atoms with Crippen LogP contribution in [-0.2, 0) is 10.8 Å². The van der Waals surface area contributed by atoms with Crippen molar-refractivity contribution in [1.29, 1.82) is 0 Å². The number of hydrogen-bond donors (Lipinski definition) is 0. The summed E-state index contributed by atoms with van der Waals surface area (Å²) in [5.41, 5.74) is 17.6. The first kappa shape index (κ1) is 35.1. The van der Waals surface area contributed by atoms with Crippen molar-refractivity contribution in [2.75, 3.05) is 0 Å². The van der Waals surface area contributed by atoms with Crippen molar-refractivity contribution in [2.45, 2.75) is 43.4 Å². The molecule has 0 N–H and O–H groups in total. The van der Waals surface area contributed by atoms with Crippen LogP contribution in [0.2, 0.25) is 0 Å². The maximum atomic E-state index is 5.11. The molecular formula is C56H47N. The Hall–Kier alpha value is -6.31. The summed E-state index contributed by atoms with van der Waals surface area (Å²) >= 11 is 0. The van der Waals surface area contributed by atoms with Crippen LogP contribution in [0.15, 0.2) is 211 Å². The van der Waals surface area contributed by atoms with E-state index in [2.05, 4.69) is 189 Å². The van der Waals surface area contributed by atoms with E-state index < -0.39 is 5.41 Å². The Morgan fingerprint density at radius 3 is 1.86 bits per heavy atom. The molecule has 0 bridgehead atoms. The van der Waals surface area contributed by atoms with Crippen LogP contribution in [0, 0.1) is 11.8 Å². The van der Waals surface area contributed by atoms with Gasteiger partial charge in [-0.3, -0.25) is 4.99 Å². The molecule has 10 rings (SSSR count). The zero-order valence-corrected chi connectivity index (χ0v) is 32.6. The standard InChI is InChI=1S/C56H47N/c1-3-19-54(57-4-2)56(45-26-12-7-13-27-45)51-31-17-15-29-47(51)49-35-33-42(38-53(49)56)40-21-18-20-39(36-40)41-32-34-48-46-28-14-16-30-50(46)55(52(48)37-41,43-22-8-5-9-23-43)44-24-10-6-11-25-44/h3-10,12-22,24,26,28-38,43,45H,1,11,23,25,27H2,2H3/b54-19-,57-4?. The van der Waals surface area contributed by atoms with Crippen LogP contribution in [0.25, 0.3) is 44.5 Å². The summed E-state index contributed by atoms with van der Waals surface area (Å²) in [6.45, 7) is 6.16. The summed E-state index contributed by atoms with van der Waals surface area (Å²) in [7, 11) is 0. The number of aliphatic imine (C=N–C) groups is 1. The summed E-state index contributed by atoms with van der Waals surface area (Å²) in [6, 6.07) is 41.7. The molecule has 0 amide bonds. The van der Waals surface area contributed by atoms with Gasteiger partial charge in [0.15, 0.2) is 0 Å². The quantitative estimate of drug-likeness (QED) is 0.111. The lowest BCUT2D eigenvalue weighted by atomic mass is 9.60. The van der Waals surface area contributed by atoms with E-state index in [0.717, 1.165) is 31.4 Å². The normalized spacial score (nSPS) is 23.9. The third-order valence-corrected chi connectivity index (χ3v) is 13.2. The van der Waals surface area contributed by atoms with Gasteiger partial charge in [0.05, 0.1) is 11.1 Å². The lowest BCUT2D eigenvalue weighted by Crippen LogP contribution is -2.36. The van der Waals surface area contributed by atoms with Crippen LogP contribution < -0.4 is 0 Å². The van der Waals surface area contributed by atoms with E-state index in [4.69, 9.17) is 4.99 Å². The summed E-state index contributed by atoms with van der Waals surface area (Å²) in [5.74, 6) is 0.535. The summed E-state index contributed by atoms with van der Waals surface area (Å²) in [4.78, 5) is 5.11. The average molecular weight is 734 g/mol. The van der Waals surface area contributed by atoms with Crippen LogP contribution in [0.4, 0.5) is 0 Å². The van der Waals surface area contributed by atoms with E-state index in [-0.39, 0.29) is 11.3 Å². The van der Waals surface area contributed by atoms with Crippen LogP contribution >= 0.6 is 0 Å². The summed E-state index contributed by atoms with van der Waals surface area (Å²) in [5, 5.41) is 0. The Labute approximate surface area is 337 Å². The van der Waals surface area contributed by atoms with Gasteiger partial charge < -0.3 is 0 Å². The molecule has 57 heavy (non-hydrogen) atoms. The Kier molecular flexibility index (Phi) is 8.83. The van der Waals surface area contributed by atoms with E-state index in [1.54, 1.807) is 0 Å². The number of hydrogen-bond acceptors (Lipinski definition) is 1. The fourth-order valence-electron chi connectivity index (χ4n) is 11.0. The highest BCUT2D eigenvalue weighted by atomic mass is 14.8. The van der Waals surface area contributed by atoms with E-state index in [1.807, 2.05) is 19.2 Å². The highest BCUT2D eigenvalue weighted by molar-refractivity contribution is 5.89. The van der Waals surface area contributed by atoms with Gasteiger partial charge in [-0.25, -0.2) is 0 Å². The predicted octanol–water partition coefficient (Wildman–Crippen LogP) is 14.3. The maximum absolute atomic E-state index is 5.11. The van der Waals surface area contributed by atoms with Gasteiger partial charge in [0.1, 0.15) is 0 Å².